The first-order valence-corrected chi connectivity index (χ1v) is 9.87. The maximum absolute atomic E-state index is 13.1. The van der Waals surface area contributed by atoms with E-state index in [4.69, 9.17) is 9.31 Å². The van der Waals surface area contributed by atoms with E-state index >= 15 is 0 Å². The minimum atomic E-state index is -1.08. The van der Waals surface area contributed by atoms with Crippen LogP contribution in [0.15, 0.2) is 18.3 Å². The van der Waals surface area contributed by atoms with Crippen molar-refractivity contribution < 1.29 is 24.0 Å². The number of hydrogen-bond donors (Lipinski definition) is 1. The third kappa shape index (κ3) is 3.85. The van der Waals surface area contributed by atoms with E-state index in [0.717, 1.165) is 5.46 Å². The highest BCUT2D eigenvalue weighted by Gasteiger charge is 2.52. The maximum atomic E-state index is 13.1. The third-order valence-electron chi connectivity index (χ3n) is 6.01. The van der Waals surface area contributed by atoms with Crippen LogP contribution in [0.25, 0.3) is 0 Å². The average Bonchev–Trinajstić information content (AvgIpc) is 2.81. The summed E-state index contributed by atoms with van der Waals surface area (Å²) in [4.78, 5) is 32.0. The molecule has 0 radical (unpaired) electrons. The van der Waals surface area contributed by atoms with Crippen molar-refractivity contribution in [1.82, 2.24) is 9.88 Å². The normalized spacial score (nSPS) is 24.2. The van der Waals surface area contributed by atoms with Crippen LogP contribution in [-0.2, 0) is 14.1 Å². The first-order chi connectivity index (χ1) is 13.2. The molecule has 2 saturated heterocycles. The maximum Gasteiger partial charge on any atom is 0.496 e. The Bertz CT molecular complexity index is 787. The monoisotopic (exact) mass is 403 g/mol. The average molecular weight is 403 g/mol. The quantitative estimate of drug-likeness (QED) is 0.761. The molecule has 0 aliphatic carbocycles. The van der Waals surface area contributed by atoms with E-state index in [9.17, 15) is 14.7 Å². The van der Waals surface area contributed by atoms with Crippen LogP contribution in [0.5, 0.6) is 0 Å². The van der Waals surface area contributed by atoms with Crippen LogP contribution in [0.2, 0.25) is 0 Å². The molecular formula is C20H30BN3O5. The fourth-order valence-electron chi connectivity index (χ4n) is 3.68. The Morgan fingerprint density at radius 1 is 1.17 bits per heavy atom. The smallest absolute Gasteiger partial charge is 0.465 e. The molecular weight excluding hydrogens is 373 g/mol. The number of nitrogens with zero attached hydrogens (tertiary/aromatic N) is 3. The number of carboxylic acid groups (broad SMARTS) is 1. The molecule has 8 nitrogen and oxygen atoms in total. The predicted octanol–water partition coefficient (Wildman–Crippen LogP) is 2.12. The van der Waals surface area contributed by atoms with Gasteiger partial charge in [0.1, 0.15) is 11.9 Å². The molecule has 0 aromatic carbocycles. The molecule has 1 unspecified atom stereocenters. The number of piperazine rings is 1. The molecule has 2 aliphatic rings. The molecule has 2 fully saturated rings. The first kappa shape index (κ1) is 21.6. The lowest BCUT2D eigenvalue weighted by Gasteiger charge is -2.44. The Kier molecular flexibility index (Phi) is 5.20. The van der Waals surface area contributed by atoms with Gasteiger partial charge in [0, 0.05) is 24.7 Å². The lowest BCUT2D eigenvalue weighted by molar-refractivity contribution is -0.129. The van der Waals surface area contributed by atoms with Crippen LogP contribution >= 0.6 is 0 Å². The minimum absolute atomic E-state index is 0.240. The number of anilines is 1. The topological polar surface area (TPSA) is 92.2 Å². The summed E-state index contributed by atoms with van der Waals surface area (Å²) in [5.74, 6) is 0.233. The van der Waals surface area contributed by atoms with E-state index in [1.165, 1.54) is 4.90 Å². The van der Waals surface area contributed by atoms with Crippen LogP contribution in [0.4, 0.5) is 10.6 Å². The fourth-order valence-corrected chi connectivity index (χ4v) is 3.68. The van der Waals surface area contributed by atoms with Crippen LogP contribution in [0.3, 0.4) is 0 Å². The molecule has 3 heterocycles. The Morgan fingerprint density at radius 2 is 1.76 bits per heavy atom. The van der Waals surface area contributed by atoms with E-state index in [-0.39, 0.29) is 19.0 Å². The zero-order valence-electron chi connectivity index (χ0n) is 18.2. The van der Waals surface area contributed by atoms with Crippen LogP contribution in [0, 0.1) is 5.41 Å². The molecule has 0 spiro atoms. The number of rotatable bonds is 2. The van der Waals surface area contributed by atoms with Crippen molar-refractivity contribution >= 4 is 30.4 Å². The van der Waals surface area contributed by atoms with E-state index in [0.29, 0.717) is 5.82 Å². The van der Waals surface area contributed by atoms with Gasteiger partial charge in [-0.05, 0) is 39.2 Å². The summed E-state index contributed by atoms with van der Waals surface area (Å²) in [7, 11) is -0.525. The Labute approximate surface area is 172 Å². The second kappa shape index (κ2) is 6.99. The van der Waals surface area contributed by atoms with Gasteiger partial charge in [-0.2, -0.15) is 0 Å². The summed E-state index contributed by atoms with van der Waals surface area (Å²) < 4.78 is 12.1. The van der Waals surface area contributed by atoms with Gasteiger partial charge in [-0.1, -0.05) is 26.8 Å². The van der Waals surface area contributed by atoms with E-state index in [1.807, 2.05) is 54.5 Å². The lowest BCUT2D eigenvalue weighted by Crippen LogP contribution is -2.63. The zero-order valence-corrected chi connectivity index (χ0v) is 18.2. The van der Waals surface area contributed by atoms with Gasteiger partial charge in [-0.25, -0.2) is 9.78 Å². The summed E-state index contributed by atoms with van der Waals surface area (Å²) in [5, 5.41) is 9.50. The van der Waals surface area contributed by atoms with Crippen molar-refractivity contribution in [3.8, 4) is 0 Å². The summed E-state index contributed by atoms with van der Waals surface area (Å²) in [6.07, 6.45) is 0.572. The Hall–Kier alpha value is -2.13. The number of aromatic nitrogens is 1. The molecule has 1 N–H and O–H groups in total. The van der Waals surface area contributed by atoms with Gasteiger partial charge in [0.05, 0.1) is 11.2 Å². The van der Waals surface area contributed by atoms with Gasteiger partial charge >= 0.3 is 13.2 Å². The molecule has 9 heteroatoms. The molecule has 0 saturated carbocycles. The molecule has 1 aromatic rings. The fraction of sp³-hybridized carbons (Fsp3) is 0.650. The van der Waals surface area contributed by atoms with Gasteiger partial charge in [0.2, 0.25) is 0 Å². The lowest BCUT2D eigenvalue weighted by atomic mass is 9.80. The van der Waals surface area contributed by atoms with Crippen molar-refractivity contribution in [2.75, 3.05) is 18.0 Å². The minimum Gasteiger partial charge on any atom is -0.465 e. The summed E-state index contributed by atoms with van der Waals surface area (Å²) in [6, 6.07) is 2.83. The number of amides is 2. The van der Waals surface area contributed by atoms with Gasteiger partial charge in [0.25, 0.3) is 5.91 Å². The van der Waals surface area contributed by atoms with Crippen molar-refractivity contribution in [2.24, 2.45) is 5.41 Å². The summed E-state index contributed by atoms with van der Waals surface area (Å²) >= 11 is 0. The molecule has 29 heavy (non-hydrogen) atoms. The number of hydrogen-bond acceptors (Lipinski definition) is 5. The van der Waals surface area contributed by atoms with Gasteiger partial charge < -0.3 is 14.4 Å². The van der Waals surface area contributed by atoms with Gasteiger partial charge in [-0.3, -0.25) is 14.6 Å². The largest absolute Gasteiger partial charge is 0.496 e. The molecule has 158 valence electrons. The summed E-state index contributed by atoms with van der Waals surface area (Å²) in [5.41, 5.74) is -0.647. The van der Waals surface area contributed by atoms with Crippen molar-refractivity contribution in [2.45, 2.75) is 65.7 Å². The first-order valence-electron chi connectivity index (χ1n) is 9.87. The van der Waals surface area contributed by atoms with Crippen molar-refractivity contribution in [3.63, 3.8) is 0 Å². The van der Waals surface area contributed by atoms with E-state index < -0.39 is 35.9 Å². The second-order valence-corrected chi connectivity index (χ2v) is 9.77. The Balaban J connectivity index is 1.82. The molecule has 1 aromatic heterocycles. The highest BCUT2D eigenvalue weighted by atomic mass is 16.7. The highest BCUT2D eigenvalue weighted by Crippen LogP contribution is 2.36. The van der Waals surface area contributed by atoms with Crippen molar-refractivity contribution in [1.29, 1.82) is 0 Å². The van der Waals surface area contributed by atoms with Gasteiger partial charge in [0.15, 0.2) is 0 Å². The third-order valence-corrected chi connectivity index (χ3v) is 6.01. The summed E-state index contributed by atoms with van der Waals surface area (Å²) in [6.45, 7) is 14.1. The van der Waals surface area contributed by atoms with Crippen LogP contribution < -0.4 is 10.4 Å². The highest BCUT2D eigenvalue weighted by molar-refractivity contribution is 6.62. The predicted molar refractivity (Wildman–Crippen MR) is 110 cm³/mol. The number of carbonyl (C=O) groups is 2. The molecule has 2 amide bonds. The van der Waals surface area contributed by atoms with Crippen LogP contribution in [0.1, 0.15) is 48.5 Å². The molecule has 1 atom stereocenters. The molecule has 3 rings (SSSR count). The SMILES string of the molecule is CC(C)(C)C1C(=O)N(c2ccc(B3OC(C)(C)C(C)(C)O3)cn2)CCN1C(=O)O. The second-order valence-electron chi connectivity index (χ2n) is 9.77. The number of pyridine rings is 1. The number of carbonyl (C=O) groups excluding carboxylic acids is 1. The Morgan fingerprint density at radius 3 is 2.21 bits per heavy atom. The standard InChI is InChI=1S/C20H30BN3O5/c1-18(2,3)15-16(25)23(10-11-24(15)17(26)27)14-9-8-13(12-22-14)21-28-19(4,5)20(6,7)29-21/h8-9,12,15H,10-11H2,1-7H3,(H,26,27). The van der Waals surface area contributed by atoms with Crippen LogP contribution in [-0.4, -0.2) is 64.4 Å². The van der Waals surface area contributed by atoms with E-state index in [2.05, 4.69) is 4.98 Å². The zero-order chi connectivity index (χ0) is 21.8. The van der Waals surface area contributed by atoms with Gasteiger partial charge in [-0.15, -0.1) is 0 Å². The van der Waals surface area contributed by atoms with E-state index in [1.54, 1.807) is 17.2 Å². The van der Waals surface area contributed by atoms with Crippen molar-refractivity contribution in [3.05, 3.63) is 18.3 Å². The molecule has 0 bridgehead atoms. The molecule has 2 aliphatic heterocycles.